The van der Waals surface area contributed by atoms with E-state index in [1.807, 2.05) is 60.8 Å². The van der Waals surface area contributed by atoms with Gasteiger partial charge in [-0.15, -0.1) is 11.3 Å². The first-order valence-corrected chi connectivity index (χ1v) is 9.82. The van der Waals surface area contributed by atoms with Crippen LogP contribution >= 0.6 is 11.3 Å². The molecule has 0 bridgehead atoms. The molecule has 0 radical (unpaired) electrons. The Morgan fingerprint density at radius 3 is 2.68 bits per heavy atom. The van der Waals surface area contributed by atoms with Crippen LogP contribution in [0.2, 0.25) is 0 Å². The summed E-state index contributed by atoms with van der Waals surface area (Å²) in [5.74, 6) is 0.702. The highest BCUT2D eigenvalue weighted by molar-refractivity contribution is 7.13. The Hall–Kier alpha value is -3.19. The van der Waals surface area contributed by atoms with Gasteiger partial charge in [0.25, 0.3) is 0 Å². The maximum absolute atomic E-state index is 12.6. The van der Waals surface area contributed by atoms with Crippen LogP contribution in [0, 0.1) is 0 Å². The van der Waals surface area contributed by atoms with Crippen molar-refractivity contribution >= 4 is 34.4 Å². The maximum atomic E-state index is 12.6. The number of likely N-dealkylation sites (N-methyl/N-ethyl adjacent to an activating group) is 1. The van der Waals surface area contributed by atoms with Crippen molar-refractivity contribution < 1.29 is 13.9 Å². The lowest BCUT2D eigenvalue weighted by atomic mass is 10.2. The quantitative estimate of drug-likeness (QED) is 0.480. The van der Waals surface area contributed by atoms with E-state index in [4.69, 9.17) is 9.15 Å². The molecular formula is C21H19N3O3S. The molecule has 2 aromatic carbocycles. The van der Waals surface area contributed by atoms with Gasteiger partial charge in [-0.3, -0.25) is 9.69 Å². The van der Waals surface area contributed by atoms with Gasteiger partial charge in [0.05, 0.1) is 18.7 Å². The minimum Gasteiger partial charge on any atom is -0.494 e. The van der Waals surface area contributed by atoms with Gasteiger partial charge < -0.3 is 9.15 Å². The Morgan fingerprint density at radius 1 is 1.14 bits per heavy atom. The first-order chi connectivity index (χ1) is 13.6. The molecule has 2 aromatic heterocycles. The van der Waals surface area contributed by atoms with Crippen LogP contribution in [0.4, 0.5) is 6.01 Å². The molecule has 0 aliphatic carbocycles. The zero-order chi connectivity index (χ0) is 19.5. The molecule has 0 saturated carbocycles. The van der Waals surface area contributed by atoms with Crippen LogP contribution in [0.3, 0.4) is 0 Å². The largest absolute Gasteiger partial charge is 0.494 e. The molecule has 0 spiro atoms. The number of thiazole rings is 1. The third kappa shape index (κ3) is 3.75. The summed E-state index contributed by atoms with van der Waals surface area (Å²) in [4.78, 5) is 23.0. The van der Waals surface area contributed by atoms with Gasteiger partial charge >= 0.3 is 6.01 Å². The predicted octanol–water partition coefficient (Wildman–Crippen LogP) is 4.56. The van der Waals surface area contributed by atoms with Gasteiger partial charge in [0.2, 0.25) is 5.91 Å². The van der Waals surface area contributed by atoms with Crippen LogP contribution in [0.1, 0.15) is 12.6 Å². The van der Waals surface area contributed by atoms with Crippen LogP contribution in [-0.4, -0.2) is 29.5 Å². The summed E-state index contributed by atoms with van der Waals surface area (Å²) in [6, 6.07) is 15.5. The summed E-state index contributed by atoms with van der Waals surface area (Å²) in [7, 11) is 1.66. The van der Waals surface area contributed by atoms with Crippen LogP contribution in [0.25, 0.3) is 21.7 Å². The fourth-order valence-corrected chi connectivity index (χ4v) is 3.59. The summed E-state index contributed by atoms with van der Waals surface area (Å²) < 4.78 is 11.1. The highest BCUT2D eigenvalue weighted by atomic mass is 32.1. The Morgan fingerprint density at radius 2 is 1.93 bits per heavy atom. The van der Waals surface area contributed by atoms with Crippen LogP contribution in [0.15, 0.2) is 58.3 Å². The highest BCUT2D eigenvalue weighted by Crippen LogP contribution is 2.27. The smallest absolute Gasteiger partial charge is 0.304 e. The Labute approximate surface area is 166 Å². The van der Waals surface area contributed by atoms with E-state index in [1.165, 1.54) is 16.2 Å². The standard InChI is InChI=1S/C21H19N3O3S/c1-3-26-16-10-8-14(9-11-16)20-22-15(13-28-20)12-19(25)24(2)21-23-17-6-4-5-7-18(17)27-21/h4-11,13H,3,12H2,1-2H3. The highest BCUT2D eigenvalue weighted by Gasteiger charge is 2.18. The summed E-state index contributed by atoms with van der Waals surface area (Å²) in [5, 5.41) is 2.78. The van der Waals surface area contributed by atoms with Gasteiger partial charge in [-0.1, -0.05) is 12.1 Å². The molecule has 7 heteroatoms. The van der Waals surface area contributed by atoms with E-state index in [0.717, 1.165) is 27.5 Å². The van der Waals surface area contributed by atoms with Crippen LogP contribution in [-0.2, 0) is 11.2 Å². The van der Waals surface area contributed by atoms with E-state index in [2.05, 4.69) is 9.97 Å². The molecular weight excluding hydrogens is 374 g/mol. The molecule has 0 atom stereocenters. The van der Waals surface area contributed by atoms with E-state index >= 15 is 0 Å². The number of benzene rings is 2. The average molecular weight is 393 g/mol. The summed E-state index contributed by atoms with van der Waals surface area (Å²) in [5.41, 5.74) is 3.11. The van der Waals surface area contributed by atoms with Gasteiger partial charge in [-0.05, 0) is 43.3 Å². The van der Waals surface area contributed by atoms with E-state index in [0.29, 0.717) is 12.2 Å². The number of fused-ring (bicyclic) bond motifs is 1. The SMILES string of the molecule is CCOc1ccc(-c2nc(CC(=O)N(C)c3nc4ccccc4o3)cs2)cc1. The molecule has 0 fully saturated rings. The molecule has 0 N–H and O–H groups in total. The van der Waals surface area contributed by atoms with E-state index < -0.39 is 0 Å². The lowest BCUT2D eigenvalue weighted by molar-refractivity contribution is -0.117. The fourth-order valence-electron chi connectivity index (χ4n) is 2.76. The lowest BCUT2D eigenvalue weighted by Crippen LogP contribution is -2.28. The van der Waals surface area contributed by atoms with Crippen molar-refractivity contribution in [1.82, 2.24) is 9.97 Å². The molecule has 2 heterocycles. The third-order valence-electron chi connectivity index (χ3n) is 4.24. The van der Waals surface area contributed by atoms with Crippen molar-refractivity contribution in [2.45, 2.75) is 13.3 Å². The first kappa shape index (κ1) is 18.2. The lowest BCUT2D eigenvalue weighted by Gasteiger charge is -2.11. The summed E-state index contributed by atoms with van der Waals surface area (Å²) >= 11 is 1.51. The number of hydrogen-bond acceptors (Lipinski definition) is 6. The minimum absolute atomic E-state index is 0.130. The zero-order valence-electron chi connectivity index (χ0n) is 15.6. The van der Waals surface area contributed by atoms with E-state index in [-0.39, 0.29) is 18.3 Å². The topological polar surface area (TPSA) is 68.5 Å². The number of aromatic nitrogens is 2. The van der Waals surface area contributed by atoms with Gasteiger partial charge in [-0.2, -0.15) is 4.98 Å². The number of carbonyl (C=O) groups is 1. The van der Waals surface area contributed by atoms with Gasteiger partial charge in [0.15, 0.2) is 5.58 Å². The molecule has 6 nitrogen and oxygen atoms in total. The molecule has 0 aliphatic heterocycles. The monoisotopic (exact) mass is 393 g/mol. The molecule has 142 valence electrons. The second-order valence-corrected chi connectivity index (χ2v) is 7.05. The molecule has 1 amide bonds. The number of anilines is 1. The number of nitrogens with zero attached hydrogens (tertiary/aromatic N) is 3. The molecule has 28 heavy (non-hydrogen) atoms. The van der Waals surface area contributed by atoms with E-state index in [9.17, 15) is 4.79 Å². The second kappa shape index (κ2) is 7.82. The van der Waals surface area contributed by atoms with Crippen molar-refractivity contribution in [2.75, 3.05) is 18.6 Å². The third-order valence-corrected chi connectivity index (χ3v) is 5.18. The number of para-hydroxylation sites is 2. The molecule has 0 aliphatic rings. The number of rotatable bonds is 6. The number of hydrogen-bond donors (Lipinski definition) is 0. The molecule has 0 saturated heterocycles. The second-order valence-electron chi connectivity index (χ2n) is 6.20. The van der Waals surface area contributed by atoms with Crippen molar-refractivity contribution in [2.24, 2.45) is 0 Å². The van der Waals surface area contributed by atoms with Crippen molar-refractivity contribution in [1.29, 1.82) is 0 Å². The zero-order valence-corrected chi connectivity index (χ0v) is 16.4. The predicted molar refractivity (Wildman–Crippen MR) is 110 cm³/mol. The Bertz CT molecular complexity index is 1070. The number of amides is 1. The van der Waals surface area contributed by atoms with Gasteiger partial charge in [-0.25, -0.2) is 4.98 Å². The van der Waals surface area contributed by atoms with E-state index in [1.54, 1.807) is 7.05 Å². The van der Waals surface area contributed by atoms with Gasteiger partial charge in [0.1, 0.15) is 16.3 Å². The molecule has 4 rings (SSSR count). The molecule has 4 aromatic rings. The number of carbonyl (C=O) groups excluding carboxylic acids is 1. The minimum atomic E-state index is -0.130. The summed E-state index contributed by atoms with van der Waals surface area (Å²) in [6.07, 6.45) is 0.183. The Kier molecular flexibility index (Phi) is 5.08. The average Bonchev–Trinajstić information content (AvgIpc) is 3.35. The normalized spacial score (nSPS) is 10.9. The molecule has 0 unspecified atom stereocenters. The number of ether oxygens (including phenoxy) is 1. The van der Waals surface area contributed by atoms with Gasteiger partial charge in [0, 0.05) is 18.0 Å². The first-order valence-electron chi connectivity index (χ1n) is 8.94. The number of oxazole rings is 1. The summed E-state index contributed by atoms with van der Waals surface area (Å²) in [6.45, 7) is 2.59. The Balaban J connectivity index is 1.46. The van der Waals surface area contributed by atoms with Crippen molar-refractivity contribution in [3.8, 4) is 16.3 Å². The fraction of sp³-hybridized carbons (Fsp3) is 0.190. The maximum Gasteiger partial charge on any atom is 0.304 e. The van der Waals surface area contributed by atoms with Crippen LogP contribution in [0.5, 0.6) is 5.75 Å². The van der Waals surface area contributed by atoms with Crippen molar-refractivity contribution in [3.05, 3.63) is 59.6 Å². The van der Waals surface area contributed by atoms with Crippen LogP contribution < -0.4 is 9.64 Å². The van der Waals surface area contributed by atoms with Crippen molar-refractivity contribution in [3.63, 3.8) is 0 Å².